The van der Waals surface area contributed by atoms with Gasteiger partial charge in [-0.2, -0.15) is 0 Å². The number of hydrogen-bond donors (Lipinski definition) is 1. The Morgan fingerprint density at radius 2 is 1.41 bits per heavy atom. The van der Waals surface area contributed by atoms with Crippen molar-refractivity contribution in [2.24, 2.45) is 5.41 Å². The summed E-state index contributed by atoms with van der Waals surface area (Å²) >= 11 is 0. The molecule has 0 radical (unpaired) electrons. The Hall–Kier alpha value is -1.10. The van der Waals surface area contributed by atoms with E-state index in [1.165, 1.54) is 0 Å². The second-order valence-electron chi connectivity index (χ2n) is 5.05. The molecule has 1 aliphatic carbocycles. The van der Waals surface area contributed by atoms with E-state index in [1.807, 2.05) is 0 Å². The van der Waals surface area contributed by atoms with Crippen LogP contribution in [0.5, 0.6) is 0 Å². The van der Waals surface area contributed by atoms with Gasteiger partial charge in [0.15, 0.2) is 5.41 Å². The van der Waals surface area contributed by atoms with Crippen LogP contribution in [-0.2, 0) is 19.1 Å². The van der Waals surface area contributed by atoms with Crippen molar-refractivity contribution in [2.75, 3.05) is 0 Å². The number of carbonyl (C=O) groups excluding carboxylic acids is 2. The number of hydrogen-bond acceptors (Lipinski definition) is 5. The molecule has 0 spiro atoms. The molecule has 0 atom stereocenters. The monoisotopic (exact) mass is 244 g/mol. The Morgan fingerprint density at radius 1 is 1.06 bits per heavy atom. The van der Waals surface area contributed by atoms with Crippen LogP contribution in [0.25, 0.3) is 0 Å². The van der Waals surface area contributed by atoms with Gasteiger partial charge in [0, 0.05) is 12.8 Å². The fourth-order valence-electron chi connectivity index (χ4n) is 1.82. The number of carbonyl (C=O) groups is 2. The molecule has 0 bridgehead atoms. The molecule has 1 aliphatic rings. The molecular weight excluding hydrogens is 224 g/mol. The summed E-state index contributed by atoms with van der Waals surface area (Å²) in [5.74, 6) is -1.19. The maximum atomic E-state index is 11.9. The molecule has 0 aromatic carbocycles. The molecule has 1 saturated carbocycles. The summed E-state index contributed by atoms with van der Waals surface area (Å²) in [6.07, 6.45) is -1.03. The van der Waals surface area contributed by atoms with Crippen LogP contribution < -0.4 is 0 Å². The predicted octanol–water partition coefficient (Wildman–Crippen LogP) is 1.03. The van der Waals surface area contributed by atoms with Crippen LogP contribution in [0.3, 0.4) is 0 Å². The van der Waals surface area contributed by atoms with Crippen LogP contribution in [0.2, 0.25) is 0 Å². The highest BCUT2D eigenvalue weighted by molar-refractivity contribution is 6.01. The second kappa shape index (κ2) is 5.04. The number of aliphatic hydroxyl groups is 1. The maximum Gasteiger partial charge on any atom is 0.323 e. The Kier molecular flexibility index (Phi) is 4.14. The molecule has 1 rings (SSSR count). The van der Waals surface area contributed by atoms with E-state index in [2.05, 4.69) is 0 Å². The minimum absolute atomic E-state index is 0.0874. The van der Waals surface area contributed by atoms with E-state index in [-0.39, 0.29) is 25.0 Å². The SMILES string of the molecule is CC(C)OC(=O)C1(C(=O)OC(C)C)CC(O)C1. The molecule has 0 heterocycles. The zero-order valence-corrected chi connectivity index (χ0v) is 10.7. The molecule has 17 heavy (non-hydrogen) atoms. The Bertz CT molecular complexity index is 278. The van der Waals surface area contributed by atoms with Gasteiger partial charge < -0.3 is 14.6 Å². The van der Waals surface area contributed by atoms with Gasteiger partial charge in [0.05, 0.1) is 18.3 Å². The molecule has 0 aliphatic heterocycles. The standard InChI is InChI=1S/C12H20O5/c1-7(2)16-10(14)12(5-9(13)6-12)11(15)17-8(3)4/h7-9,13H,5-6H2,1-4H3. The molecule has 0 amide bonds. The molecule has 98 valence electrons. The van der Waals surface area contributed by atoms with Crippen molar-refractivity contribution < 1.29 is 24.2 Å². The summed E-state index contributed by atoms with van der Waals surface area (Å²) < 4.78 is 10.1. The van der Waals surface area contributed by atoms with Crippen LogP contribution >= 0.6 is 0 Å². The number of ether oxygens (including phenoxy) is 2. The van der Waals surface area contributed by atoms with Crippen LogP contribution in [-0.4, -0.2) is 35.4 Å². The van der Waals surface area contributed by atoms with Crippen LogP contribution in [0.15, 0.2) is 0 Å². The lowest BCUT2D eigenvalue weighted by molar-refractivity contribution is -0.192. The van der Waals surface area contributed by atoms with Crippen molar-refractivity contribution in [1.82, 2.24) is 0 Å². The normalized spacial score (nSPS) is 19.0. The minimum Gasteiger partial charge on any atom is -0.462 e. The zero-order valence-electron chi connectivity index (χ0n) is 10.7. The van der Waals surface area contributed by atoms with Crippen molar-refractivity contribution >= 4 is 11.9 Å². The van der Waals surface area contributed by atoms with Gasteiger partial charge in [-0.25, -0.2) is 0 Å². The van der Waals surface area contributed by atoms with E-state index < -0.39 is 23.5 Å². The van der Waals surface area contributed by atoms with Gasteiger partial charge in [0.1, 0.15) is 0 Å². The first-order chi connectivity index (χ1) is 7.78. The second-order valence-corrected chi connectivity index (χ2v) is 5.05. The predicted molar refractivity (Wildman–Crippen MR) is 60.1 cm³/mol. The lowest BCUT2D eigenvalue weighted by atomic mass is 9.66. The van der Waals surface area contributed by atoms with Gasteiger partial charge in [0.25, 0.3) is 0 Å². The first-order valence-electron chi connectivity index (χ1n) is 5.88. The zero-order chi connectivity index (χ0) is 13.2. The maximum absolute atomic E-state index is 11.9. The highest BCUT2D eigenvalue weighted by Gasteiger charge is 2.58. The topological polar surface area (TPSA) is 72.8 Å². The Morgan fingerprint density at radius 3 is 1.65 bits per heavy atom. The summed E-state index contributed by atoms with van der Waals surface area (Å²) in [7, 11) is 0. The summed E-state index contributed by atoms with van der Waals surface area (Å²) in [5.41, 5.74) is -1.30. The van der Waals surface area contributed by atoms with Gasteiger partial charge >= 0.3 is 11.9 Å². The summed E-state index contributed by atoms with van der Waals surface area (Å²) in [4.78, 5) is 23.8. The van der Waals surface area contributed by atoms with Crippen molar-refractivity contribution in [3.63, 3.8) is 0 Å². The first-order valence-corrected chi connectivity index (χ1v) is 5.88. The lowest BCUT2D eigenvalue weighted by Gasteiger charge is -2.41. The van der Waals surface area contributed by atoms with Crippen molar-refractivity contribution in [2.45, 2.75) is 58.8 Å². The van der Waals surface area contributed by atoms with Gasteiger partial charge in [-0.05, 0) is 27.7 Å². The molecule has 0 unspecified atom stereocenters. The molecule has 0 aromatic heterocycles. The average Bonchev–Trinajstić information content (AvgIpc) is 2.09. The van der Waals surface area contributed by atoms with E-state index in [9.17, 15) is 14.7 Å². The molecular formula is C12H20O5. The van der Waals surface area contributed by atoms with Crippen molar-refractivity contribution in [1.29, 1.82) is 0 Å². The minimum atomic E-state index is -1.30. The summed E-state index contributed by atoms with van der Waals surface area (Å²) in [6.45, 7) is 6.87. The Balaban J connectivity index is 2.76. The van der Waals surface area contributed by atoms with Gasteiger partial charge in [-0.3, -0.25) is 9.59 Å². The third-order valence-electron chi connectivity index (χ3n) is 2.64. The highest BCUT2D eigenvalue weighted by atomic mass is 16.6. The molecule has 5 heteroatoms. The molecule has 1 N–H and O–H groups in total. The molecule has 0 aromatic rings. The van der Waals surface area contributed by atoms with Crippen LogP contribution in [0.4, 0.5) is 0 Å². The van der Waals surface area contributed by atoms with Gasteiger partial charge in [-0.1, -0.05) is 0 Å². The van der Waals surface area contributed by atoms with E-state index in [0.29, 0.717) is 0 Å². The smallest absolute Gasteiger partial charge is 0.323 e. The van der Waals surface area contributed by atoms with Crippen LogP contribution in [0.1, 0.15) is 40.5 Å². The largest absolute Gasteiger partial charge is 0.462 e. The molecule has 0 saturated heterocycles. The fourth-order valence-corrected chi connectivity index (χ4v) is 1.82. The third-order valence-corrected chi connectivity index (χ3v) is 2.64. The van der Waals surface area contributed by atoms with E-state index in [4.69, 9.17) is 9.47 Å². The van der Waals surface area contributed by atoms with Crippen LogP contribution in [0, 0.1) is 5.41 Å². The molecule has 5 nitrogen and oxygen atoms in total. The van der Waals surface area contributed by atoms with Crippen molar-refractivity contribution in [3.8, 4) is 0 Å². The van der Waals surface area contributed by atoms with Crippen molar-refractivity contribution in [3.05, 3.63) is 0 Å². The summed E-state index contributed by atoms with van der Waals surface area (Å²) in [5, 5.41) is 9.33. The highest BCUT2D eigenvalue weighted by Crippen LogP contribution is 2.44. The van der Waals surface area contributed by atoms with E-state index >= 15 is 0 Å². The van der Waals surface area contributed by atoms with Gasteiger partial charge in [-0.15, -0.1) is 0 Å². The quantitative estimate of drug-likeness (QED) is 0.590. The fraction of sp³-hybridized carbons (Fsp3) is 0.833. The average molecular weight is 244 g/mol. The number of aliphatic hydroxyl groups excluding tert-OH is 1. The summed E-state index contributed by atoms with van der Waals surface area (Å²) in [6, 6.07) is 0. The number of rotatable bonds is 4. The Labute approximate surface area is 101 Å². The first kappa shape index (κ1) is 14.0. The lowest BCUT2D eigenvalue weighted by Crippen LogP contribution is -2.54. The number of esters is 2. The molecule has 1 fully saturated rings. The van der Waals surface area contributed by atoms with E-state index in [1.54, 1.807) is 27.7 Å². The van der Waals surface area contributed by atoms with Gasteiger partial charge in [0.2, 0.25) is 0 Å². The van der Waals surface area contributed by atoms with E-state index in [0.717, 1.165) is 0 Å². The third kappa shape index (κ3) is 2.97.